The number of halogens is 2. The number of amides is 1. The molecule has 3 rings (SSSR count). The molecule has 7 nitrogen and oxygen atoms in total. The summed E-state index contributed by atoms with van der Waals surface area (Å²) >= 11 is 0. The van der Waals surface area contributed by atoms with E-state index in [1.165, 1.54) is 30.3 Å². The van der Waals surface area contributed by atoms with E-state index in [1.807, 2.05) is 0 Å². The molecule has 0 saturated carbocycles. The molecule has 1 N–H and O–H groups in total. The summed E-state index contributed by atoms with van der Waals surface area (Å²) in [7, 11) is 0. The zero-order valence-corrected chi connectivity index (χ0v) is 14.2. The van der Waals surface area contributed by atoms with Crippen molar-refractivity contribution >= 4 is 28.5 Å². The first-order valence-corrected chi connectivity index (χ1v) is 7.97. The highest BCUT2D eigenvalue weighted by molar-refractivity contribution is 5.96. The molecular weight excluding hydrogens is 376 g/mol. The van der Waals surface area contributed by atoms with Crippen LogP contribution in [0.25, 0.3) is 11.0 Å². The van der Waals surface area contributed by atoms with Crippen LogP contribution in [-0.4, -0.2) is 25.1 Å². The number of nitrogens with one attached hydrogen (secondary N) is 1. The van der Waals surface area contributed by atoms with Crippen molar-refractivity contribution in [2.24, 2.45) is 0 Å². The number of para-hydroxylation sites is 1. The summed E-state index contributed by atoms with van der Waals surface area (Å²) in [6, 6.07) is 13.1. The molecule has 0 radical (unpaired) electrons. The topological polar surface area (TPSA) is 94.8 Å². The molecule has 0 atom stereocenters. The standard InChI is InChI=1S/C19H13F2NO6/c20-19(21)27-13-7-5-12(6-8-13)22-16(23)10-26-17(24)14-9-11-3-1-2-4-15(11)28-18(14)25/h1-9,19H,10H2,(H,22,23). The average Bonchev–Trinajstić information content (AvgIpc) is 2.66. The van der Waals surface area contributed by atoms with E-state index in [1.54, 1.807) is 24.3 Å². The summed E-state index contributed by atoms with van der Waals surface area (Å²) in [5.74, 6) is -1.75. The number of carbonyl (C=O) groups is 2. The number of benzene rings is 2. The monoisotopic (exact) mass is 389 g/mol. The summed E-state index contributed by atoms with van der Waals surface area (Å²) in [5, 5.41) is 2.94. The average molecular weight is 389 g/mol. The second-order valence-corrected chi connectivity index (χ2v) is 5.51. The number of anilines is 1. The molecule has 28 heavy (non-hydrogen) atoms. The van der Waals surface area contributed by atoms with Crippen LogP contribution in [0.15, 0.2) is 63.8 Å². The van der Waals surface area contributed by atoms with Gasteiger partial charge in [0.05, 0.1) is 0 Å². The molecule has 144 valence electrons. The van der Waals surface area contributed by atoms with Crippen LogP contribution < -0.4 is 15.7 Å². The predicted molar refractivity (Wildman–Crippen MR) is 94.5 cm³/mol. The maximum atomic E-state index is 12.1. The molecule has 0 aliphatic rings. The van der Waals surface area contributed by atoms with Gasteiger partial charge < -0.3 is 19.2 Å². The molecule has 0 unspecified atom stereocenters. The maximum absolute atomic E-state index is 12.1. The molecule has 2 aromatic carbocycles. The fraction of sp³-hybridized carbons (Fsp3) is 0.105. The molecule has 0 saturated heterocycles. The van der Waals surface area contributed by atoms with Crippen molar-refractivity contribution in [2.75, 3.05) is 11.9 Å². The van der Waals surface area contributed by atoms with Gasteiger partial charge in [0.1, 0.15) is 16.9 Å². The van der Waals surface area contributed by atoms with Crippen molar-refractivity contribution in [1.82, 2.24) is 0 Å². The molecule has 9 heteroatoms. The van der Waals surface area contributed by atoms with E-state index in [9.17, 15) is 23.2 Å². The third kappa shape index (κ3) is 4.70. The fourth-order valence-electron chi connectivity index (χ4n) is 2.33. The van der Waals surface area contributed by atoms with E-state index in [2.05, 4.69) is 10.1 Å². The normalized spacial score (nSPS) is 10.7. The van der Waals surface area contributed by atoms with Crippen LogP contribution in [0, 0.1) is 0 Å². The SMILES string of the molecule is O=C(COC(=O)c1cc2ccccc2oc1=O)Nc1ccc(OC(F)F)cc1. The number of fused-ring (bicyclic) bond motifs is 1. The Balaban J connectivity index is 1.59. The van der Waals surface area contributed by atoms with Crippen LogP contribution in [0.3, 0.4) is 0 Å². The van der Waals surface area contributed by atoms with Gasteiger partial charge in [-0.05, 0) is 36.4 Å². The minimum absolute atomic E-state index is 0.0672. The van der Waals surface area contributed by atoms with Crippen molar-refractivity contribution in [3.8, 4) is 5.75 Å². The Morgan fingerprint density at radius 2 is 1.79 bits per heavy atom. The Kier molecular flexibility index (Phi) is 5.64. The second kappa shape index (κ2) is 8.30. The van der Waals surface area contributed by atoms with Crippen molar-refractivity contribution in [1.29, 1.82) is 0 Å². The number of rotatable bonds is 6. The van der Waals surface area contributed by atoms with E-state index < -0.39 is 30.7 Å². The number of hydrogen-bond acceptors (Lipinski definition) is 6. The minimum atomic E-state index is -2.95. The van der Waals surface area contributed by atoms with Crippen LogP contribution in [0.2, 0.25) is 0 Å². The second-order valence-electron chi connectivity index (χ2n) is 5.51. The van der Waals surface area contributed by atoms with Crippen molar-refractivity contribution < 1.29 is 32.3 Å². The molecular formula is C19H13F2NO6. The lowest BCUT2D eigenvalue weighted by Crippen LogP contribution is -2.23. The summed E-state index contributed by atoms with van der Waals surface area (Å²) in [6.45, 7) is -3.60. The Hall–Kier alpha value is -3.75. The highest BCUT2D eigenvalue weighted by atomic mass is 19.3. The summed E-state index contributed by atoms with van der Waals surface area (Å²) in [4.78, 5) is 35.8. The van der Waals surface area contributed by atoms with Crippen LogP contribution in [-0.2, 0) is 9.53 Å². The van der Waals surface area contributed by atoms with Gasteiger partial charge in [-0.15, -0.1) is 0 Å². The highest BCUT2D eigenvalue weighted by Crippen LogP contribution is 2.18. The first-order chi connectivity index (χ1) is 13.4. The van der Waals surface area contributed by atoms with Gasteiger partial charge in [0.15, 0.2) is 6.61 Å². The van der Waals surface area contributed by atoms with Gasteiger partial charge >= 0.3 is 18.2 Å². The molecule has 0 spiro atoms. The number of esters is 1. The van der Waals surface area contributed by atoms with E-state index >= 15 is 0 Å². The van der Waals surface area contributed by atoms with Gasteiger partial charge in [0.25, 0.3) is 5.91 Å². The Morgan fingerprint density at radius 1 is 1.07 bits per heavy atom. The third-order valence-electron chi connectivity index (χ3n) is 3.56. The van der Waals surface area contributed by atoms with Crippen LogP contribution in [0.5, 0.6) is 5.75 Å². The zero-order valence-electron chi connectivity index (χ0n) is 14.2. The van der Waals surface area contributed by atoms with Gasteiger partial charge in [0, 0.05) is 11.1 Å². The lowest BCUT2D eigenvalue weighted by Gasteiger charge is -2.08. The van der Waals surface area contributed by atoms with Crippen LogP contribution >= 0.6 is 0 Å². The number of alkyl halides is 2. The van der Waals surface area contributed by atoms with Gasteiger partial charge in [-0.3, -0.25) is 4.79 Å². The largest absolute Gasteiger partial charge is 0.452 e. The molecule has 0 aliphatic heterocycles. The Morgan fingerprint density at radius 3 is 2.50 bits per heavy atom. The van der Waals surface area contributed by atoms with E-state index in [0.29, 0.717) is 11.0 Å². The van der Waals surface area contributed by atoms with Crippen LogP contribution in [0.4, 0.5) is 14.5 Å². The highest BCUT2D eigenvalue weighted by Gasteiger charge is 2.16. The van der Waals surface area contributed by atoms with E-state index in [0.717, 1.165) is 0 Å². The molecule has 0 fully saturated rings. The van der Waals surface area contributed by atoms with Gasteiger partial charge in [-0.25, -0.2) is 9.59 Å². The molecule has 0 aliphatic carbocycles. The first kappa shape index (κ1) is 19.0. The molecule has 3 aromatic rings. The predicted octanol–water partition coefficient (Wildman–Crippen LogP) is 3.19. The Bertz CT molecular complexity index is 1060. The van der Waals surface area contributed by atoms with Crippen molar-refractivity contribution in [3.05, 3.63) is 70.6 Å². The van der Waals surface area contributed by atoms with Gasteiger partial charge in [-0.2, -0.15) is 8.78 Å². The molecule has 0 bridgehead atoms. The fourth-order valence-corrected chi connectivity index (χ4v) is 2.33. The van der Waals surface area contributed by atoms with E-state index in [4.69, 9.17) is 9.15 Å². The number of carbonyl (C=O) groups excluding carboxylic acids is 2. The van der Waals surface area contributed by atoms with Gasteiger partial charge in [0.2, 0.25) is 0 Å². The number of hydrogen-bond donors (Lipinski definition) is 1. The Labute approximate surface area is 156 Å². The first-order valence-electron chi connectivity index (χ1n) is 7.97. The maximum Gasteiger partial charge on any atom is 0.387 e. The third-order valence-corrected chi connectivity index (χ3v) is 3.56. The van der Waals surface area contributed by atoms with Crippen molar-refractivity contribution in [2.45, 2.75) is 6.61 Å². The van der Waals surface area contributed by atoms with Crippen LogP contribution in [0.1, 0.15) is 10.4 Å². The zero-order chi connectivity index (χ0) is 20.1. The van der Waals surface area contributed by atoms with Crippen molar-refractivity contribution in [3.63, 3.8) is 0 Å². The van der Waals surface area contributed by atoms with Gasteiger partial charge in [-0.1, -0.05) is 18.2 Å². The number of ether oxygens (including phenoxy) is 2. The smallest absolute Gasteiger partial charge is 0.387 e. The molecule has 1 heterocycles. The van der Waals surface area contributed by atoms with E-state index in [-0.39, 0.29) is 17.0 Å². The summed E-state index contributed by atoms with van der Waals surface area (Å²) in [6.07, 6.45) is 0. The molecule has 1 amide bonds. The molecule has 1 aromatic heterocycles. The summed E-state index contributed by atoms with van der Waals surface area (Å²) < 4.78 is 38.2. The lowest BCUT2D eigenvalue weighted by atomic mass is 10.2. The lowest BCUT2D eigenvalue weighted by molar-refractivity contribution is -0.119. The quantitative estimate of drug-likeness (QED) is 0.514. The summed E-state index contributed by atoms with van der Waals surface area (Å²) in [5.41, 5.74) is -0.604. The minimum Gasteiger partial charge on any atom is -0.452 e.